The average molecular weight is 519 g/mol. The number of carbonyl (C=O) groups is 2. The third kappa shape index (κ3) is 5.22. The van der Waals surface area contributed by atoms with Gasteiger partial charge in [0.2, 0.25) is 21.8 Å². The van der Waals surface area contributed by atoms with E-state index in [1.807, 2.05) is 0 Å². The fraction of sp³-hybridized carbons (Fsp3) is 0.542. The Bertz CT molecular complexity index is 1180. The molecule has 2 aliphatic heterocycles. The zero-order valence-corrected chi connectivity index (χ0v) is 21.2. The lowest BCUT2D eigenvalue weighted by molar-refractivity contribution is -0.142. The van der Waals surface area contributed by atoms with E-state index in [0.717, 1.165) is 31.2 Å². The Labute approximate surface area is 209 Å². The molecule has 1 N–H and O–H groups in total. The van der Waals surface area contributed by atoms with Gasteiger partial charge in [0.15, 0.2) is 5.13 Å². The lowest BCUT2D eigenvalue weighted by atomic mass is 9.84. The van der Waals surface area contributed by atoms with E-state index < -0.39 is 16.1 Å². The number of nitrogens with one attached hydrogen (secondary N) is 1. The number of sulfonamides is 1. The highest BCUT2D eigenvalue weighted by Crippen LogP contribution is 2.32. The van der Waals surface area contributed by atoms with E-state index in [1.165, 1.54) is 28.1 Å². The van der Waals surface area contributed by atoms with Crippen molar-refractivity contribution in [2.45, 2.75) is 55.9 Å². The number of aromatic nitrogens is 1. The van der Waals surface area contributed by atoms with Crippen LogP contribution < -0.4 is 10.1 Å². The molecule has 2 aromatic rings. The number of rotatable bonds is 7. The highest BCUT2D eigenvalue weighted by atomic mass is 32.2. The van der Waals surface area contributed by atoms with Gasteiger partial charge in [-0.2, -0.15) is 4.31 Å². The van der Waals surface area contributed by atoms with E-state index in [4.69, 9.17) is 4.74 Å². The van der Waals surface area contributed by atoms with Gasteiger partial charge >= 0.3 is 0 Å². The van der Waals surface area contributed by atoms with Crippen molar-refractivity contribution in [2.24, 2.45) is 5.92 Å². The van der Waals surface area contributed by atoms with E-state index in [9.17, 15) is 18.0 Å². The predicted molar refractivity (Wildman–Crippen MR) is 132 cm³/mol. The molecule has 3 aliphatic rings. The Morgan fingerprint density at radius 1 is 1.23 bits per heavy atom. The molecule has 0 spiro atoms. The van der Waals surface area contributed by atoms with Crippen LogP contribution in [0.25, 0.3) is 0 Å². The van der Waals surface area contributed by atoms with Gasteiger partial charge in [-0.1, -0.05) is 32.1 Å². The molecule has 1 aliphatic carbocycles. The molecule has 0 radical (unpaired) electrons. The molecule has 5 rings (SSSR count). The smallest absolute Gasteiger partial charge is 0.248 e. The fourth-order valence-corrected chi connectivity index (χ4v) is 7.22. The topological polar surface area (TPSA) is 109 Å². The van der Waals surface area contributed by atoms with E-state index in [1.54, 1.807) is 28.6 Å². The number of hydrogen-bond donors (Lipinski definition) is 1. The quantitative estimate of drug-likeness (QED) is 0.604. The minimum absolute atomic E-state index is 0.146. The second kappa shape index (κ2) is 10.2. The number of piperazine rings is 1. The lowest BCUT2D eigenvalue weighted by Crippen LogP contribution is -2.58. The summed E-state index contributed by atoms with van der Waals surface area (Å²) in [5.74, 6) is 0.480. The Hall–Kier alpha value is -2.50. The maximum absolute atomic E-state index is 13.3. The summed E-state index contributed by atoms with van der Waals surface area (Å²) < 4.78 is 33.3. The summed E-state index contributed by atoms with van der Waals surface area (Å²) in [5.41, 5.74) is 0.863. The third-order valence-corrected chi connectivity index (χ3v) is 9.67. The number of anilines is 1. The van der Waals surface area contributed by atoms with Crippen LogP contribution in [0.1, 0.15) is 44.1 Å². The minimum atomic E-state index is -3.83. The van der Waals surface area contributed by atoms with Crippen molar-refractivity contribution in [2.75, 3.05) is 31.6 Å². The molecule has 2 amide bonds. The van der Waals surface area contributed by atoms with Crippen molar-refractivity contribution in [1.29, 1.82) is 0 Å². The summed E-state index contributed by atoms with van der Waals surface area (Å²) in [6.45, 7) is 0.588. The standard InChI is InChI=1S/C24H30N4O5S2/c29-22-16-27(35(31,32)19-6-7-21-18(15-19)8-12-33-21)10-11-28(22)20(14-17-4-2-1-3-5-17)23(30)26-24-25-9-13-34-24/h6-7,9,13,15,17,20H,1-5,8,10-12,14,16H2,(H,25,26,30). The lowest BCUT2D eigenvalue weighted by Gasteiger charge is -2.39. The molecular weight excluding hydrogens is 488 g/mol. The van der Waals surface area contributed by atoms with Crippen molar-refractivity contribution in [3.05, 3.63) is 35.3 Å². The van der Waals surface area contributed by atoms with Crippen LogP contribution in [-0.2, 0) is 26.0 Å². The van der Waals surface area contributed by atoms with E-state index in [-0.39, 0.29) is 36.3 Å². The SMILES string of the molecule is O=C(Nc1nccs1)C(CC1CCCCC1)N1CCN(S(=O)(=O)c2ccc3c(c2)CCO3)CC1=O. The van der Waals surface area contributed by atoms with Crippen molar-refractivity contribution < 1.29 is 22.7 Å². The van der Waals surface area contributed by atoms with Crippen LogP contribution in [0.2, 0.25) is 0 Å². The first kappa shape index (κ1) is 24.2. The second-order valence-electron chi connectivity index (χ2n) is 9.38. The largest absolute Gasteiger partial charge is 0.493 e. The monoisotopic (exact) mass is 518 g/mol. The highest BCUT2D eigenvalue weighted by Gasteiger charge is 2.39. The molecule has 0 bridgehead atoms. The first-order chi connectivity index (χ1) is 16.9. The molecule has 1 atom stereocenters. The Balaban J connectivity index is 1.31. The molecule has 35 heavy (non-hydrogen) atoms. The zero-order valence-electron chi connectivity index (χ0n) is 19.5. The summed E-state index contributed by atoms with van der Waals surface area (Å²) in [5, 5.41) is 5.13. The van der Waals surface area contributed by atoms with Gasteiger partial charge in [0.25, 0.3) is 0 Å². The maximum Gasteiger partial charge on any atom is 0.248 e. The normalized spacial score (nSPS) is 20.3. The first-order valence-electron chi connectivity index (χ1n) is 12.2. The molecule has 188 valence electrons. The molecule has 3 heterocycles. The molecule has 1 aromatic carbocycles. The molecule has 1 saturated carbocycles. The molecule has 1 aromatic heterocycles. The van der Waals surface area contributed by atoms with Crippen molar-refractivity contribution in [1.82, 2.24) is 14.2 Å². The average Bonchev–Trinajstić information content (AvgIpc) is 3.55. The number of fused-ring (bicyclic) bond motifs is 1. The first-order valence-corrected chi connectivity index (χ1v) is 14.5. The van der Waals surface area contributed by atoms with Gasteiger partial charge in [-0.3, -0.25) is 9.59 Å². The van der Waals surface area contributed by atoms with Gasteiger partial charge in [-0.25, -0.2) is 13.4 Å². The van der Waals surface area contributed by atoms with Crippen LogP contribution in [0.5, 0.6) is 5.75 Å². The number of hydrogen-bond acceptors (Lipinski definition) is 7. The molecule has 2 fully saturated rings. The van der Waals surface area contributed by atoms with Crippen LogP contribution in [0.15, 0.2) is 34.7 Å². The van der Waals surface area contributed by atoms with Gasteiger partial charge in [-0.05, 0) is 36.1 Å². The summed E-state index contributed by atoms with van der Waals surface area (Å²) in [6.07, 6.45) is 8.45. The van der Waals surface area contributed by atoms with Crippen LogP contribution in [0.3, 0.4) is 0 Å². The number of thiazole rings is 1. The molecule has 1 unspecified atom stereocenters. The van der Waals surface area contributed by atoms with Crippen LogP contribution in [0.4, 0.5) is 5.13 Å². The summed E-state index contributed by atoms with van der Waals surface area (Å²) in [7, 11) is -3.83. The summed E-state index contributed by atoms with van der Waals surface area (Å²) in [6, 6.07) is 4.21. The zero-order chi connectivity index (χ0) is 24.4. The van der Waals surface area contributed by atoms with E-state index in [2.05, 4.69) is 10.3 Å². The Morgan fingerprint density at radius 3 is 2.80 bits per heavy atom. The van der Waals surface area contributed by atoms with Gasteiger partial charge in [0.1, 0.15) is 11.8 Å². The van der Waals surface area contributed by atoms with Gasteiger partial charge in [-0.15, -0.1) is 11.3 Å². The fourth-order valence-electron chi connectivity index (χ4n) is 5.26. The number of nitrogens with zero attached hydrogens (tertiary/aromatic N) is 3. The molecule has 11 heteroatoms. The summed E-state index contributed by atoms with van der Waals surface area (Å²) in [4.78, 5) is 32.4. The number of benzene rings is 1. The number of carbonyl (C=O) groups excluding carboxylic acids is 2. The highest BCUT2D eigenvalue weighted by molar-refractivity contribution is 7.89. The third-order valence-electron chi connectivity index (χ3n) is 7.14. The van der Waals surface area contributed by atoms with Crippen LogP contribution in [-0.4, -0.2) is 66.7 Å². The maximum atomic E-state index is 13.3. The van der Waals surface area contributed by atoms with Gasteiger partial charge < -0.3 is 15.0 Å². The van der Waals surface area contributed by atoms with Crippen molar-refractivity contribution in [3.8, 4) is 5.75 Å². The van der Waals surface area contributed by atoms with Crippen molar-refractivity contribution in [3.63, 3.8) is 0 Å². The second-order valence-corrected chi connectivity index (χ2v) is 12.2. The minimum Gasteiger partial charge on any atom is -0.493 e. The van der Waals surface area contributed by atoms with Gasteiger partial charge in [0, 0.05) is 31.1 Å². The molecular formula is C24H30N4O5S2. The van der Waals surface area contributed by atoms with Crippen LogP contribution in [0, 0.1) is 5.92 Å². The molecule has 1 saturated heterocycles. The van der Waals surface area contributed by atoms with E-state index >= 15 is 0 Å². The van der Waals surface area contributed by atoms with Crippen molar-refractivity contribution >= 4 is 38.3 Å². The Morgan fingerprint density at radius 2 is 2.06 bits per heavy atom. The number of ether oxygens (including phenoxy) is 1. The Kier molecular flexibility index (Phi) is 7.08. The van der Waals surface area contributed by atoms with E-state index in [0.29, 0.717) is 36.2 Å². The van der Waals surface area contributed by atoms with Gasteiger partial charge in [0.05, 0.1) is 18.0 Å². The summed E-state index contributed by atoms with van der Waals surface area (Å²) >= 11 is 1.33. The predicted octanol–water partition coefficient (Wildman–Crippen LogP) is 2.89. The molecule has 9 nitrogen and oxygen atoms in total. The number of amides is 2. The van der Waals surface area contributed by atoms with Crippen LogP contribution >= 0.6 is 11.3 Å².